The van der Waals surface area contributed by atoms with Gasteiger partial charge in [0, 0.05) is 13.0 Å². The van der Waals surface area contributed by atoms with Crippen LogP contribution >= 0.6 is 0 Å². The van der Waals surface area contributed by atoms with Gasteiger partial charge in [-0.25, -0.2) is 0 Å². The molecule has 1 aromatic heterocycles. The van der Waals surface area contributed by atoms with E-state index in [9.17, 15) is 5.11 Å². The Balaban J connectivity index is 1.77. The third kappa shape index (κ3) is 2.13. The Bertz CT molecular complexity index is 598. The average Bonchev–Trinajstić information content (AvgIpc) is 2.93. The standard InChI is InChI=1S/C13H17N3O3/c1-8-13(17,5-6-18-8)7-15-12-16-11-9(14)3-2-4-10(11)19-12/h2-4,8,17H,5-7,14H2,1H3,(H,15,16). The van der Waals surface area contributed by atoms with Crippen LogP contribution in [0.25, 0.3) is 11.1 Å². The van der Waals surface area contributed by atoms with Crippen LogP contribution in [0.5, 0.6) is 0 Å². The Morgan fingerprint density at radius 1 is 1.58 bits per heavy atom. The molecule has 6 nitrogen and oxygen atoms in total. The second-order valence-electron chi connectivity index (χ2n) is 4.93. The molecule has 1 aliphatic heterocycles. The first-order chi connectivity index (χ1) is 9.08. The van der Waals surface area contributed by atoms with Crippen LogP contribution in [0.15, 0.2) is 22.6 Å². The number of ether oxygens (including phenoxy) is 1. The van der Waals surface area contributed by atoms with Gasteiger partial charge >= 0.3 is 0 Å². The number of aliphatic hydroxyl groups is 1. The molecule has 6 heteroatoms. The van der Waals surface area contributed by atoms with E-state index < -0.39 is 5.60 Å². The zero-order valence-corrected chi connectivity index (χ0v) is 10.7. The maximum absolute atomic E-state index is 10.4. The van der Waals surface area contributed by atoms with Crippen LogP contribution in [0.4, 0.5) is 11.7 Å². The first kappa shape index (κ1) is 12.3. The van der Waals surface area contributed by atoms with E-state index in [1.54, 1.807) is 12.1 Å². The minimum Gasteiger partial charge on any atom is -0.423 e. The van der Waals surface area contributed by atoms with Crippen molar-refractivity contribution in [2.24, 2.45) is 0 Å². The summed E-state index contributed by atoms with van der Waals surface area (Å²) in [6.45, 7) is 2.76. The second-order valence-corrected chi connectivity index (χ2v) is 4.93. The highest BCUT2D eigenvalue weighted by molar-refractivity contribution is 5.86. The van der Waals surface area contributed by atoms with Crippen LogP contribution in [-0.4, -0.2) is 34.9 Å². The van der Waals surface area contributed by atoms with Gasteiger partial charge in [0.05, 0.1) is 18.3 Å². The summed E-state index contributed by atoms with van der Waals surface area (Å²) in [7, 11) is 0. The molecule has 1 saturated heterocycles. The quantitative estimate of drug-likeness (QED) is 0.724. The normalized spacial score (nSPS) is 26.9. The van der Waals surface area contributed by atoms with Crippen LogP contribution in [-0.2, 0) is 4.74 Å². The zero-order valence-electron chi connectivity index (χ0n) is 10.7. The molecule has 2 atom stereocenters. The smallest absolute Gasteiger partial charge is 0.295 e. The lowest BCUT2D eigenvalue weighted by atomic mass is 9.97. The van der Waals surface area contributed by atoms with Crippen LogP contribution in [0.1, 0.15) is 13.3 Å². The summed E-state index contributed by atoms with van der Waals surface area (Å²) in [5.41, 5.74) is 6.77. The molecule has 1 aliphatic rings. The van der Waals surface area contributed by atoms with Crippen molar-refractivity contribution in [2.45, 2.75) is 25.0 Å². The Hall–Kier alpha value is -1.79. The molecule has 2 heterocycles. The van der Waals surface area contributed by atoms with E-state index in [0.717, 1.165) is 0 Å². The number of rotatable bonds is 3. The van der Waals surface area contributed by atoms with E-state index in [2.05, 4.69) is 10.3 Å². The monoisotopic (exact) mass is 263 g/mol. The Morgan fingerprint density at radius 3 is 3.11 bits per heavy atom. The number of benzene rings is 1. The number of oxazole rings is 1. The van der Waals surface area contributed by atoms with E-state index in [0.29, 0.717) is 42.4 Å². The van der Waals surface area contributed by atoms with Gasteiger partial charge in [0.25, 0.3) is 6.01 Å². The number of aromatic nitrogens is 1. The molecular weight excluding hydrogens is 246 g/mol. The van der Waals surface area contributed by atoms with E-state index in [4.69, 9.17) is 14.9 Å². The van der Waals surface area contributed by atoms with Crippen LogP contribution in [0.2, 0.25) is 0 Å². The van der Waals surface area contributed by atoms with Crippen LogP contribution in [0, 0.1) is 0 Å². The molecule has 3 rings (SSSR count). The number of nitrogens with one attached hydrogen (secondary N) is 1. The molecule has 4 N–H and O–H groups in total. The van der Waals surface area contributed by atoms with E-state index >= 15 is 0 Å². The summed E-state index contributed by atoms with van der Waals surface area (Å²) in [5.74, 6) is 0. The first-order valence-electron chi connectivity index (χ1n) is 6.31. The van der Waals surface area contributed by atoms with Crippen molar-refractivity contribution in [3.8, 4) is 0 Å². The van der Waals surface area contributed by atoms with Crippen molar-refractivity contribution >= 4 is 22.8 Å². The highest BCUT2D eigenvalue weighted by atomic mass is 16.5. The Morgan fingerprint density at radius 2 is 2.42 bits per heavy atom. The van der Waals surface area contributed by atoms with E-state index in [-0.39, 0.29) is 6.10 Å². The topological polar surface area (TPSA) is 93.5 Å². The van der Waals surface area contributed by atoms with Gasteiger partial charge in [0.1, 0.15) is 11.1 Å². The van der Waals surface area contributed by atoms with Crippen molar-refractivity contribution in [3.05, 3.63) is 18.2 Å². The summed E-state index contributed by atoms with van der Waals surface area (Å²) in [6.07, 6.45) is 0.401. The molecule has 0 bridgehead atoms. The minimum absolute atomic E-state index is 0.200. The third-order valence-corrected chi connectivity index (χ3v) is 3.66. The van der Waals surface area contributed by atoms with Crippen molar-refractivity contribution in [1.82, 2.24) is 4.98 Å². The van der Waals surface area contributed by atoms with Crippen molar-refractivity contribution in [3.63, 3.8) is 0 Å². The summed E-state index contributed by atoms with van der Waals surface area (Å²) >= 11 is 0. The molecule has 2 aromatic rings. The largest absolute Gasteiger partial charge is 0.423 e. The number of anilines is 2. The molecule has 19 heavy (non-hydrogen) atoms. The summed E-state index contributed by atoms with van der Waals surface area (Å²) in [5, 5.41) is 13.4. The number of nitrogen functional groups attached to an aromatic ring is 1. The van der Waals surface area contributed by atoms with Gasteiger partial charge in [0.15, 0.2) is 5.58 Å². The summed E-state index contributed by atoms with van der Waals surface area (Å²) in [6, 6.07) is 5.75. The molecule has 2 unspecified atom stereocenters. The molecule has 0 saturated carbocycles. The fraction of sp³-hybridized carbons (Fsp3) is 0.462. The minimum atomic E-state index is -0.883. The van der Waals surface area contributed by atoms with Crippen LogP contribution < -0.4 is 11.1 Å². The Kier molecular flexibility index (Phi) is 2.83. The zero-order chi connectivity index (χ0) is 13.5. The predicted molar refractivity (Wildman–Crippen MR) is 71.9 cm³/mol. The second kappa shape index (κ2) is 4.40. The van der Waals surface area contributed by atoms with Crippen LogP contribution in [0.3, 0.4) is 0 Å². The maximum Gasteiger partial charge on any atom is 0.295 e. The number of hydrogen-bond donors (Lipinski definition) is 3. The van der Waals surface area contributed by atoms with E-state index in [1.165, 1.54) is 0 Å². The highest BCUT2D eigenvalue weighted by Gasteiger charge is 2.39. The molecule has 0 spiro atoms. The van der Waals surface area contributed by atoms with Gasteiger partial charge in [-0.3, -0.25) is 0 Å². The van der Waals surface area contributed by atoms with Gasteiger partial charge in [0.2, 0.25) is 0 Å². The van der Waals surface area contributed by atoms with Gasteiger partial charge in [-0.2, -0.15) is 4.98 Å². The maximum atomic E-state index is 10.4. The molecule has 0 amide bonds. The number of hydrogen-bond acceptors (Lipinski definition) is 6. The molecular formula is C13H17N3O3. The first-order valence-corrected chi connectivity index (χ1v) is 6.31. The van der Waals surface area contributed by atoms with Gasteiger partial charge < -0.3 is 25.3 Å². The SMILES string of the molecule is CC1OCCC1(O)CNc1nc2c(N)cccc2o1. The van der Waals surface area contributed by atoms with Gasteiger partial charge in [-0.05, 0) is 19.1 Å². The van der Waals surface area contributed by atoms with Gasteiger partial charge in [-0.1, -0.05) is 6.07 Å². The molecule has 1 aromatic carbocycles. The van der Waals surface area contributed by atoms with E-state index in [1.807, 2.05) is 13.0 Å². The number of para-hydroxylation sites is 1. The molecule has 1 fully saturated rings. The third-order valence-electron chi connectivity index (χ3n) is 3.66. The van der Waals surface area contributed by atoms with Gasteiger partial charge in [-0.15, -0.1) is 0 Å². The van der Waals surface area contributed by atoms with Crippen molar-refractivity contribution in [2.75, 3.05) is 24.2 Å². The fourth-order valence-corrected chi connectivity index (χ4v) is 2.28. The number of nitrogens with two attached hydrogens (primary N) is 1. The fourth-order valence-electron chi connectivity index (χ4n) is 2.28. The Labute approximate surface area is 110 Å². The average molecular weight is 263 g/mol. The molecule has 0 aliphatic carbocycles. The molecule has 0 radical (unpaired) electrons. The summed E-state index contributed by atoms with van der Waals surface area (Å²) < 4.78 is 10.9. The number of fused-ring (bicyclic) bond motifs is 1. The summed E-state index contributed by atoms with van der Waals surface area (Å²) in [4.78, 5) is 4.27. The lowest BCUT2D eigenvalue weighted by Gasteiger charge is -2.25. The lowest BCUT2D eigenvalue weighted by molar-refractivity contribution is -0.0178. The highest BCUT2D eigenvalue weighted by Crippen LogP contribution is 2.27. The molecule has 102 valence electrons. The number of nitrogens with zero attached hydrogens (tertiary/aromatic N) is 1. The van der Waals surface area contributed by atoms with Crippen molar-refractivity contribution in [1.29, 1.82) is 0 Å². The van der Waals surface area contributed by atoms with Crippen molar-refractivity contribution < 1.29 is 14.3 Å². The predicted octanol–water partition coefficient (Wildman–Crippen LogP) is 1.36. The lowest BCUT2D eigenvalue weighted by Crippen LogP contribution is -2.43.